The Bertz CT molecular complexity index is 1040. The lowest BCUT2D eigenvalue weighted by atomic mass is 9.92. The first-order valence-electron chi connectivity index (χ1n) is 10.8. The van der Waals surface area contributed by atoms with Gasteiger partial charge in [0.25, 0.3) is 0 Å². The molecule has 2 saturated heterocycles. The molecule has 1 aromatic carbocycles. The lowest BCUT2D eigenvalue weighted by Gasteiger charge is -2.19. The van der Waals surface area contributed by atoms with E-state index in [1.807, 2.05) is 45.0 Å². The third-order valence-electron chi connectivity index (χ3n) is 5.94. The Morgan fingerprint density at radius 1 is 1.16 bits per heavy atom. The molecule has 0 unspecified atom stereocenters. The van der Waals surface area contributed by atoms with Crippen LogP contribution in [0.2, 0.25) is 0 Å². The second kappa shape index (κ2) is 8.18. The van der Waals surface area contributed by atoms with Crippen LogP contribution in [0.15, 0.2) is 36.4 Å². The number of aromatic nitrogens is 2. The van der Waals surface area contributed by atoms with Crippen LogP contribution in [0.5, 0.6) is 0 Å². The van der Waals surface area contributed by atoms with Gasteiger partial charge in [-0.3, -0.25) is 5.32 Å². The van der Waals surface area contributed by atoms with Crippen LogP contribution in [-0.4, -0.2) is 54.9 Å². The molecule has 2 aromatic rings. The van der Waals surface area contributed by atoms with Crippen LogP contribution < -0.4 is 15.5 Å². The zero-order valence-corrected chi connectivity index (χ0v) is 19.2. The number of carbonyl (C=O) groups is 1. The lowest BCUT2D eigenvalue weighted by molar-refractivity contribution is 0.249. The standard InChI is InChI=1S/C22H31N5O3S/c1-22(2,3)19-13-20(27(25-19)18-10-12-31(29,30)15-18)24-21(28)23-16-9-11-26(14-16)17-7-5-4-6-8-17/h4-8,13,16,18H,9-12,14-15H2,1-3H3,(H2,23,24,28)/t16-,18+/m1/s1. The zero-order valence-electron chi connectivity index (χ0n) is 18.3. The summed E-state index contributed by atoms with van der Waals surface area (Å²) in [5.41, 5.74) is 1.77. The molecular formula is C22H31N5O3S. The number of carbonyl (C=O) groups excluding carboxylic acids is 1. The predicted octanol–water partition coefficient (Wildman–Crippen LogP) is 2.94. The maximum absolute atomic E-state index is 12.8. The van der Waals surface area contributed by atoms with Crippen molar-refractivity contribution in [1.29, 1.82) is 0 Å². The molecule has 3 heterocycles. The highest BCUT2D eigenvalue weighted by atomic mass is 32.2. The van der Waals surface area contributed by atoms with E-state index in [9.17, 15) is 13.2 Å². The zero-order chi connectivity index (χ0) is 22.2. The summed E-state index contributed by atoms with van der Waals surface area (Å²) in [4.78, 5) is 15.0. The SMILES string of the molecule is CC(C)(C)c1cc(NC(=O)N[C@@H]2CCN(c3ccccc3)C2)n([C@H]2CCS(=O)(=O)C2)n1. The third-order valence-corrected chi connectivity index (χ3v) is 7.70. The van der Waals surface area contributed by atoms with Gasteiger partial charge in [-0.1, -0.05) is 39.0 Å². The van der Waals surface area contributed by atoms with Gasteiger partial charge in [0, 0.05) is 36.3 Å². The van der Waals surface area contributed by atoms with Crippen LogP contribution in [0.4, 0.5) is 16.3 Å². The Morgan fingerprint density at radius 2 is 1.90 bits per heavy atom. The molecule has 168 valence electrons. The Kier molecular flexibility index (Phi) is 5.72. The van der Waals surface area contributed by atoms with E-state index in [0.29, 0.717) is 12.2 Å². The van der Waals surface area contributed by atoms with Crippen LogP contribution in [0.25, 0.3) is 0 Å². The van der Waals surface area contributed by atoms with Gasteiger partial charge in [-0.05, 0) is 25.0 Å². The molecule has 0 aliphatic carbocycles. The number of urea groups is 1. The molecule has 1 aromatic heterocycles. The summed E-state index contributed by atoms with van der Waals surface area (Å²) in [6.07, 6.45) is 1.38. The van der Waals surface area contributed by atoms with E-state index in [4.69, 9.17) is 0 Å². The number of hydrogen-bond acceptors (Lipinski definition) is 5. The minimum absolute atomic E-state index is 0.0468. The monoisotopic (exact) mass is 445 g/mol. The van der Waals surface area contributed by atoms with Gasteiger partial charge >= 0.3 is 6.03 Å². The van der Waals surface area contributed by atoms with Gasteiger partial charge < -0.3 is 10.2 Å². The molecule has 8 nitrogen and oxygen atoms in total. The molecule has 2 amide bonds. The Balaban J connectivity index is 1.44. The van der Waals surface area contributed by atoms with E-state index in [-0.39, 0.29) is 35.0 Å². The molecule has 0 saturated carbocycles. The van der Waals surface area contributed by atoms with Crippen molar-refractivity contribution in [2.24, 2.45) is 0 Å². The van der Waals surface area contributed by atoms with Crippen LogP contribution in [0.3, 0.4) is 0 Å². The van der Waals surface area contributed by atoms with Crippen molar-refractivity contribution in [2.45, 2.75) is 51.1 Å². The fourth-order valence-corrected chi connectivity index (χ4v) is 5.88. The quantitative estimate of drug-likeness (QED) is 0.754. The topological polar surface area (TPSA) is 96.3 Å². The van der Waals surface area contributed by atoms with Crippen LogP contribution in [0.1, 0.15) is 45.3 Å². The molecule has 0 spiro atoms. The van der Waals surface area contributed by atoms with Crippen LogP contribution in [-0.2, 0) is 15.3 Å². The fraction of sp³-hybridized carbons (Fsp3) is 0.545. The molecule has 2 fully saturated rings. The molecule has 0 radical (unpaired) electrons. The number of para-hydroxylation sites is 1. The summed E-state index contributed by atoms with van der Waals surface area (Å²) >= 11 is 0. The summed E-state index contributed by atoms with van der Waals surface area (Å²) in [6, 6.07) is 11.5. The summed E-state index contributed by atoms with van der Waals surface area (Å²) in [7, 11) is -3.06. The normalized spacial score (nSPS) is 23.1. The molecule has 0 bridgehead atoms. The smallest absolute Gasteiger partial charge is 0.320 e. The first-order chi connectivity index (χ1) is 14.6. The van der Waals surface area contributed by atoms with E-state index in [1.54, 1.807) is 4.68 Å². The van der Waals surface area contributed by atoms with Crippen molar-refractivity contribution < 1.29 is 13.2 Å². The molecule has 2 aliphatic heterocycles. The number of anilines is 2. The van der Waals surface area contributed by atoms with E-state index in [1.165, 1.54) is 0 Å². The molecule has 4 rings (SSSR count). The first-order valence-corrected chi connectivity index (χ1v) is 12.6. The number of sulfone groups is 1. The highest BCUT2D eigenvalue weighted by Gasteiger charge is 2.33. The maximum Gasteiger partial charge on any atom is 0.320 e. The highest BCUT2D eigenvalue weighted by Crippen LogP contribution is 2.31. The third kappa shape index (κ3) is 5.03. The van der Waals surface area contributed by atoms with Crippen LogP contribution >= 0.6 is 0 Å². The van der Waals surface area contributed by atoms with Crippen molar-refractivity contribution >= 4 is 27.4 Å². The molecule has 9 heteroatoms. The first kappa shape index (κ1) is 21.7. The average molecular weight is 446 g/mol. The molecule has 31 heavy (non-hydrogen) atoms. The van der Waals surface area contributed by atoms with Crippen molar-refractivity contribution in [3.63, 3.8) is 0 Å². The fourth-order valence-electron chi connectivity index (χ4n) is 4.19. The number of rotatable bonds is 4. The molecular weight excluding hydrogens is 414 g/mol. The summed E-state index contributed by atoms with van der Waals surface area (Å²) in [5, 5.41) is 10.7. The maximum atomic E-state index is 12.8. The minimum Gasteiger partial charge on any atom is -0.369 e. The predicted molar refractivity (Wildman–Crippen MR) is 122 cm³/mol. The van der Waals surface area contributed by atoms with Crippen molar-refractivity contribution in [2.75, 3.05) is 34.8 Å². The van der Waals surface area contributed by atoms with E-state index >= 15 is 0 Å². The number of nitrogens with one attached hydrogen (secondary N) is 2. The molecule has 2 aliphatic rings. The van der Waals surface area contributed by atoms with E-state index in [2.05, 4.69) is 32.8 Å². The van der Waals surface area contributed by atoms with Crippen molar-refractivity contribution in [3.05, 3.63) is 42.1 Å². The Morgan fingerprint density at radius 3 is 2.55 bits per heavy atom. The number of nitrogens with zero attached hydrogens (tertiary/aromatic N) is 3. The largest absolute Gasteiger partial charge is 0.369 e. The second-order valence-electron chi connectivity index (χ2n) is 9.53. The number of benzene rings is 1. The van der Waals surface area contributed by atoms with Crippen LogP contribution in [0, 0.1) is 0 Å². The van der Waals surface area contributed by atoms with Gasteiger partial charge in [0.2, 0.25) is 0 Å². The van der Waals surface area contributed by atoms with Gasteiger partial charge in [0.15, 0.2) is 9.84 Å². The van der Waals surface area contributed by atoms with Crippen molar-refractivity contribution in [3.8, 4) is 0 Å². The van der Waals surface area contributed by atoms with Gasteiger partial charge in [-0.15, -0.1) is 0 Å². The van der Waals surface area contributed by atoms with E-state index in [0.717, 1.165) is 30.9 Å². The van der Waals surface area contributed by atoms with Gasteiger partial charge in [0.05, 0.1) is 23.2 Å². The summed E-state index contributed by atoms with van der Waals surface area (Å²) < 4.78 is 25.7. The summed E-state index contributed by atoms with van der Waals surface area (Å²) in [5.74, 6) is 0.761. The molecule has 2 N–H and O–H groups in total. The second-order valence-corrected chi connectivity index (χ2v) is 11.8. The Hall–Kier alpha value is -2.55. The highest BCUT2D eigenvalue weighted by molar-refractivity contribution is 7.91. The van der Waals surface area contributed by atoms with Crippen molar-refractivity contribution in [1.82, 2.24) is 15.1 Å². The molecule has 2 atom stereocenters. The van der Waals surface area contributed by atoms with Gasteiger partial charge in [-0.25, -0.2) is 17.9 Å². The summed E-state index contributed by atoms with van der Waals surface area (Å²) in [6.45, 7) is 7.79. The van der Waals surface area contributed by atoms with Gasteiger partial charge in [0.1, 0.15) is 5.82 Å². The minimum atomic E-state index is -3.06. The average Bonchev–Trinajstić information content (AvgIpc) is 3.40. The number of amides is 2. The lowest BCUT2D eigenvalue weighted by Crippen LogP contribution is -2.40. The number of hydrogen-bond donors (Lipinski definition) is 2. The van der Waals surface area contributed by atoms with E-state index < -0.39 is 9.84 Å². The van der Waals surface area contributed by atoms with Gasteiger partial charge in [-0.2, -0.15) is 5.10 Å². The Labute approximate surface area is 183 Å².